The maximum absolute atomic E-state index is 14.3. The number of benzene rings is 7. The molecule has 67 heavy (non-hydrogen) atoms. The Morgan fingerprint density at radius 2 is 1.36 bits per heavy atom. The van der Waals surface area contributed by atoms with Crippen molar-refractivity contribution in [3.63, 3.8) is 0 Å². The van der Waals surface area contributed by atoms with E-state index in [2.05, 4.69) is 79.9 Å². The van der Waals surface area contributed by atoms with E-state index < -0.39 is 5.91 Å². The van der Waals surface area contributed by atoms with Crippen molar-refractivity contribution in [2.24, 2.45) is 0 Å². The Morgan fingerprint density at radius 1 is 0.642 bits per heavy atom. The summed E-state index contributed by atoms with van der Waals surface area (Å²) in [7, 11) is 0. The molecule has 0 aliphatic carbocycles. The zero-order chi connectivity index (χ0) is 45.2. The van der Waals surface area contributed by atoms with Gasteiger partial charge in [0.25, 0.3) is 10.8 Å². The van der Waals surface area contributed by atoms with Crippen molar-refractivity contribution in [1.29, 1.82) is 0 Å². The second-order valence-corrected chi connectivity index (χ2v) is 16.7. The number of pyridine rings is 1. The predicted octanol–water partition coefficient (Wildman–Crippen LogP) is 12.5. The number of H-pyrrole nitrogens is 3. The van der Waals surface area contributed by atoms with E-state index in [0.717, 1.165) is 88.9 Å². The predicted molar refractivity (Wildman–Crippen MR) is 261 cm³/mol. The average Bonchev–Trinajstić information content (AvgIpc) is 4.11. The fourth-order valence-corrected chi connectivity index (χ4v) is 9.39. The van der Waals surface area contributed by atoms with Crippen molar-refractivity contribution in [2.75, 3.05) is 6.73 Å². The highest BCUT2D eigenvalue weighted by atomic mass is 19.1. The number of halogens is 1. The Kier molecular flexibility index (Phi) is 9.38. The Bertz CT molecular complexity index is 3980. The Labute approximate surface area is 380 Å². The van der Waals surface area contributed by atoms with Crippen LogP contribution in [0.3, 0.4) is 0 Å². The summed E-state index contributed by atoms with van der Waals surface area (Å²) in [5.74, 6) is -0.750. The molecule has 0 unspecified atom stereocenters. The Balaban J connectivity index is 0.732. The first-order valence-corrected chi connectivity index (χ1v) is 21.8. The van der Waals surface area contributed by atoms with Crippen LogP contribution in [0.2, 0.25) is 0 Å². The number of carbonyl (C=O) groups is 1. The van der Waals surface area contributed by atoms with E-state index >= 15 is 0 Å². The van der Waals surface area contributed by atoms with Gasteiger partial charge in [-0.05, 0) is 101 Å². The number of carbonyl (C=O) groups excluding carboxylic acids is 1. The zero-order valence-electron chi connectivity index (χ0n) is 35.9. The van der Waals surface area contributed by atoms with Crippen LogP contribution < -0.4 is 5.32 Å². The lowest BCUT2D eigenvalue weighted by atomic mass is 9.96. The van der Waals surface area contributed by atoms with Gasteiger partial charge in [0.15, 0.2) is 0 Å². The van der Waals surface area contributed by atoms with Crippen molar-refractivity contribution in [2.45, 2.75) is 13.3 Å². The van der Waals surface area contributed by atoms with E-state index in [9.17, 15) is 14.1 Å². The number of hydrogen-bond acceptors (Lipinski definition) is 6. The highest BCUT2D eigenvalue weighted by Crippen LogP contribution is 2.37. The molecule has 0 saturated carbocycles. The summed E-state index contributed by atoms with van der Waals surface area (Å²) in [6.07, 6.45) is 8.31. The number of amides is 1. The Hall–Kier alpha value is -9.03. The van der Waals surface area contributed by atoms with Gasteiger partial charge in [-0.25, -0.2) is 19.2 Å². The third kappa shape index (κ3) is 6.99. The first-order chi connectivity index (χ1) is 32.8. The van der Waals surface area contributed by atoms with Gasteiger partial charge in [0.05, 0.1) is 39.0 Å². The number of rotatable bonds is 10. The second-order valence-electron chi connectivity index (χ2n) is 16.7. The molecule has 1 amide bonds. The molecular formula is C55H38FN8O3+. The highest BCUT2D eigenvalue weighted by molar-refractivity contribution is 6.07. The monoisotopic (exact) mass is 877 g/mol. The summed E-state index contributed by atoms with van der Waals surface area (Å²) >= 11 is 0. The van der Waals surface area contributed by atoms with Crippen molar-refractivity contribution >= 4 is 77.0 Å². The molecule has 12 rings (SSSR count). The van der Waals surface area contributed by atoms with Gasteiger partial charge in [0, 0.05) is 79.5 Å². The first kappa shape index (κ1) is 39.6. The number of nitrogens with one attached hydrogen (secondary N) is 4. The van der Waals surface area contributed by atoms with E-state index in [1.165, 1.54) is 23.3 Å². The van der Waals surface area contributed by atoms with Crippen molar-refractivity contribution in [1.82, 2.24) is 35.2 Å². The molecule has 0 saturated heterocycles. The summed E-state index contributed by atoms with van der Waals surface area (Å²) in [6.45, 7) is 1.48. The third-order valence-corrected chi connectivity index (χ3v) is 12.6. The standard InChI is InChI=1S/C55H37FN8O3/c1-31-21-37(56)25-42-45(28-58-52(31)42)47-20-19-38-41(10-5-13-46(38)62-47)55(65)61-30-67-64(66)51-14-6-9-39-43(26-60-54(39)51)35-18-17-33-22-32(15-16-34(33)24-35)23-36-7-4-8-40-44(27-59-53(36)40)50-29-57-48-11-2-3-12-49(48)63-50/h2-22,24-29H,23,30H2,1H3,(H3-,58,59,60,61,62,63,65,66)/p+1. The van der Waals surface area contributed by atoms with Crippen LogP contribution in [0.1, 0.15) is 27.0 Å². The SMILES string of the molecule is Cc1cc(F)cc2c(-c3ccc4c(C(=O)NCO[N+](=O)c5cccc6c(-c7ccc8cc(Cc9cccc%10c(-c%11cnc%12ccccc%12n%11)c[nH]c9%10)ccc8c7)c[nH]c56)cccc4n3)c[nH]c12. The quantitative estimate of drug-likeness (QED) is 0.0795. The molecule has 0 bridgehead atoms. The van der Waals surface area contributed by atoms with Gasteiger partial charge >= 0.3 is 5.69 Å². The number of aromatic amines is 3. The zero-order valence-corrected chi connectivity index (χ0v) is 35.9. The minimum Gasteiger partial charge on any atom is -0.360 e. The molecule has 11 nitrogen and oxygen atoms in total. The molecule has 12 heteroatoms. The Morgan fingerprint density at radius 3 is 2.25 bits per heavy atom. The molecule has 7 aromatic carbocycles. The van der Waals surface area contributed by atoms with Crippen LogP contribution in [-0.2, 0) is 11.3 Å². The minimum atomic E-state index is -0.429. The van der Waals surface area contributed by atoms with Gasteiger partial charge in [0.1, 0.15) is 11.3 Å². The smallest absolute Gasteiger partial charge is 0.340 e. The maximum atomic E-state index is 14.3. The van der Waals surface area contributed by atoms with E-state index in [1.54, 1.807) is 18.2 Å². The van der Waals surface area contributed by atoms with E-state index in [1.807, 2.05) is 86.3 Å². The number of aryl methyl sites for hydroxylation is 1. The fraction of sp³-hybridized carbons (Fsp3) is 0.0545. The first-order valence-electron chi connectivity index (χ1n) is 21.8. The van der Waals surface area contributed by atoms with Crippen LogP contribution in [0.25, 0.3) is 99.1 Å². The van der Waals surface area contributed by atoms with Gasteiger partial charge < -0.3 is 20.3 Å². The molecule has 322 valence electrons. The van der Waals surface area contributed by atoms with Crippen molar-refractivity contribution in [3.05, 3.63) is 197 Å². The normalized spacial score (nSPS) is 11.7. The van der Waals surface area contributed by atoms with Crippen LogP contribution in [0, 0.1) is 17.6 Å². The highest BCUT2D eigenvalue weighted by Gasteiger charge is 2.24. The molecule has 4 N–H and O–H groups in total. The lowest BCUT2D eigenvalue weighted by Gasteiger charge is -2.08. The van der Waals surface area contributed by atoms with Crippen LogP contribution >= 0.6 is 0 Å². The van der Waals surface area contributed by atoms with Crippen LogP contribution in [0.5, 0.6) is 0 Å². The maximum Gasteiger partial charge on any atom is 0.340 e. The van der Waals surface area contributed by atoms with E-state index in [0.29, 0.717) is 32.6 Å². The number of aromatic nitrogens is 6. The average molecular weight is 878 g/mol. The van der Waals surface area contributed by atoms with E-state index in [4.69, 9.17) is 14.8 Å². The summed E-state index contributed by atoms with van der Waals surface area (Å²) < 4.78 is 14.3. The molecule has 0 spiro atoms. The van der Waals surface area contributed by atoms with Crippen molar-refractivity contribution < 1.29 is 18.9 Å². The molecule has 0 aliphatic rings. The molecule has 12 aromatic rings. The number of nitrogens with zero attached hydrogens (tertiary/aromatic N) is 4. The molecule has 0 radical (unpaired) electrons. The number of fused-ring (bicyclic) bond motifs is 6. The molecule has 0 fully saturated rings. The lowest BCUT2D eigenvalue weighted by molar-refractivity contribution is -0.745. The van der Waals surface area contributed by atoms with Crippen LogP contribution in [0.15, 0.2) is 164 Å². The van der Waals surface area contributed by atoms with E-state index in [-0.39, 0.29) is 18.2 Å². The summed E-state index contributed by atoms with van der Waals surface area (Å²) in [6, 6.07) is 44.5. The summed E-state index contributed by atoms with van der Waals surface area (Å²) in [5.41, 5.74) is 13.9. The summed E-state index contributed by atoms with van der Waals surface area (Å²) in [4.78, 5) is 57.2. The minimum absolute atomic E-state index is 0.270. The third-order valence-electron chi connectivity index (χ3n) is 12.6. The summed E-state index contributed by atoms with van der Waals surface area (Å²) in [5, 5.41) is 8.24. The topological polar surface area (TPSA) is 144 Å². The van der Waals surface area contributed by atoms with Gasteiger partial charge in [-0.2, -0.15) is 0 Å². The number of para-hydroxylation sites is 4. The second kappa shape index (κ2) is 15.9. The molecule has 5 heterocycles. The van der Waals surface area contributed by atoms with Gasteiger partial charge in [-0.1, -0.05) is 78.9 Å². The fourth-order valence-electron chi connectivity index (χ4n) is 9.39. The van der Waals surface area contributed by atoms with Gasteiger partial charge in [-0.15, -0.1) is 0 Å². The molecule has 0 aliphatic heterocycles. The molecule has 0 atom stereocenters. The van der Waals surface area contributed by atoms with Crippen LogP contribution in [-0.4, -0.2) is 47.5 Å². The van der Waals surface area contributed by atoms with Crippen LogP contribution in [0.4, 0.5) is 10.1 Å². The lowest BCUT2D eigenvalue weighted by Crippen LogP contribution is -2.27. The number of hydrogen-bond donors (Lipinski definition) is 4. The van der Waals surface area contributed by atoms with Gasteiger partial charge in [0.2, 0.25) is 6.73 Å². The molecule has 5 aromatic heterocycles. The van der Waals surface area contributed by atoms with Crippen molar-refractivity contribution in [3.8, 4) is 33.6 Å². The molecular weight excluding hydrogens is 840 g/mol. The largest absolute Gasteiger partial charge is 0.360 e. The van der Waals surface area contributed by atoms with Gasteiger partial charge in [-0.3, -0.25) is 9.78 Å².